The van der Waals surface area contributed by atoms with Crippen molar-refractivity contribution in [3.63, 3.8) is 0 Å². The molecular formula is C19H13F3N2O3. The summed E-state index contributed by atoms with van der Waals surface area (Å²) in [7, 11) is 0. The van der Waals surface area contributed by atoms with Crippen molar-refractivity contribution in [3.8, 4) is 11.5 Å². The Balaban J connectivity index is 1.97. The van der Waals surface area contributed by atoms with Crippen molar-refractivity contribution in [1.82, 2.24) is 4.98 Å². The quantitative estimate of drug-likeness (QED) is 0.709. The van der Waals surface area contributed by atoms with Crippen LogP contribution in [0.2, 0.25) is 0 Å². The van der Waals surface area contributed by atoms with Gasteiger partial charge in [-0.15, -0.1) is 0 Å². The second kappa shape index (κ2) is 7.36. The monoisotopic (exact) mass is 374 g/mol. The number of carbonyl (C=O) groups excluding carboxylic acids is 1. The smallest absolute Gasteiger partial charge is 0.416 e. The summed E-state index contributed by atoms with van der Waals surface area (Å²) in [6, 6.07) is 13.3. The van der Waals surface area contributed by atoms with Crippen LogP contribution in [0.1, 0.15) is 15.9 Å². The van der Waals surface area contributed by atoms with E-state index in [0.717, 1.165) is 24.3 Å². The van der Waals surface area contributed by atoms with Crippen molar-refractivity contribution in [2.45, 2.75) is 6.18 Å². The number of ether oxygens (including phenoxy) is 1. The number of nitrogens with one attached hydrogen (secondary N) is 2. The number of hydrogen-bond acceptors (Lipinski definition) is 3. The predicted octanol–water partition coefficient (Wildman–Crippen LogP) is 4.44. The summed E-state index contributed by atoms with van der Waals surface area (Å²) in [5.74, 6) is -0.680. The number of pyridine rings is 1. The van der Waals surface area contributed by atoms with E-state index in [0.29, 0.717) is 0 Å². The minimum absolute atomic E-state index is 0.105. The van der Waals surface area contributed by atoms with E-state index in [9.17, 15) is 22.8 Å². The lowest BCUT2D eigenvalue weighted by Gasteiger charge is -2.14. The standard InChI is InChI=1S/C19H13F3N2O3/c20-19(21,22)12-6-7-15(16(10-12)27-14-4-2-1-3-5-14)18(26)24-13-8-9-23-17(25)11-13/h1-11H,(H2,23,24,25,26). The molecule has 8 heteroatoms. The molecule has 0 saturated heterocycles. The van der Waals surface area contributed by atoms with Gasteiger partial charge in [0.2, 0.25) is 5.56 Å². The Morgan fingerprint density at radius 1 is 1.00 bits per heavy atom. The molecule has 2 N–H and O–H groups in total. The van der Waals surface area contributed by atoms with Crippen LogP contribution in [0.3, 0.4) is 0 Å². The fourth-order valence-electron chi connectivity index (χ4n) is 2.31. The van der Waals surface area contributed by atoms with Crippen molar-refractivity contribution in [2.24, 2.45) is 0 Å². The first kappa shape index (κ1) is 18.2. The average molecular weight is 374 g/mol. The minimum Gasteiger partial charge on any atom is -0.457 e. The van der Waals surface area contributed by atoms with Gasteiger partial charge in [0.15, 0.2) is 0 Å². The molecule has 0 spiro atoms. The second-order valence-electron chi connectivity index (χ2n) is 5.52. The maximum Gasteiger partial charge on any atom is 0.416 e. The third kappa shape index (κ3) is 4.55. The van der Waals surface area contributed by atoms with Crippen LogP contribution in [0.25, 0.3) is 0 Å². The van der Waals surface area contributed by atoms with E-state index in [2.05, 4.69) is 10.3 Å². The molecule has 3 rings (SSSR count). The Hall–Kier alpha value is -3.55. The van der Waals surface area contributed by atoms with E-state index >= 15 is 0 Å². The Morgan fingerprint density at radius 3 is 2.41 bits per heavy atom. The Morgan fingerprint density at radius 2 is 1.74 bits per heavy atom. The molecule has 0 aliphatic heterocycles. The highest BCUT2D eigenvalue weighted by atomic mass is 19.4. The molecule has 1 aromatic heterocycles. The average Bonchev–Trinajstić information content (AvgIpc) is 2.62. The van der Waals surface area contributed by atoms with Crippen molar-refractivity contribution in [1.29, 1.82) is 0 Å². The maximum atomic E-state index is 13.0. The summed E-state index contributed by atoms with van der Waals surface area (Å²) in [5, 5.41) is 2.46. The molecule has 0 unspecified atom stereocenters. The molecule has 0 radical (unpaired) electrons. The molecule has 0 bridgehead atoms. The number of benzene rings is 2. The molecule has 0 aliphatic rings. The van der Waals surface area contributed by atoms with Crippen molar-refractivity contribution in [2.75, 3.05) is 5.32 Å². The van der Waals surface area contributed by atoms with Gasteiger partial charge < -0.3 is 15.0 Å². The van der Waals surface area contributed by atoms with Gasteiger partial charge in [0.1, 0.15) is 11.5 Å². The van der Waals surface area contributed by atoms with Crippen molar-refractivity contribution < 1.29 is 22.7 Å². The first-order valence-corrected chi connectivity index (χ1v) is 7.77. The van der Waals surface area contributed by atoms with Crippen LogP contribution < -0.4 is 15.6 Å². The second-order valence-corrected chi connectivity index (χ2v) is 5.52. The first-order chi connectivity index (χ1) is 12.8. The Labute approximate surface area is 151 Å². The van der Waals surface area contributed by atoms with Crippen LogP contribution in [0, 0.1) is 0 Å². The van der Waals surface area contributed by atoms with Gasteiger partial charge in [-0.2, -0.15) is 13.2 Å². The number of amides is 1. The molecule has 0 fully saturated rings. The summed E-state index contributed by atoms with van der Waals surface area (Å²) in [5.41, 5.74) is -1.27. The Kier molecular flexibility index (Phi) is 4.98. The minimum atomic E-state index is -4.59. The molecule has 27 heavy (non-hydrogen) atoms. The van der Waals surface area contributed by atoms with Crippen molar-refractivity contribution in [3.05, 3.63) is 88.3 Å². The summed E-state index contributed by atoms with van der Waals surface area (Å²) in [6.45, 7) is 0. The molecule has 0 atom stereocenters. The predicted molar refractivity (Wildman–Crippen MR) is 93.0 cm³/mol. The topological polar surface area (TPSA) is 71.2 Å². The van der Waals surface area contributed by atoms with Gasteiger partial charge in [-0.3, -0.25) is 9.59 Å². The largest absolute Gasteiger partial charge is 0.457 e. The zero-order chi connectivity index (χ0) is 19.4. The van der Waals surface area contributed by atoms with Crippen LogP contribution in [0.15, 0.2) is 71.7 Å². The van der Waals surface area contributed by atoms with Crippen LogP contribution >= 0.6 is 0 Å². The zero-order valence-electron chi connectivity index (χ0n) is 13.7. The zero-order valence-corrected chi connectivity index (χ0v) is 13.7. The van der Waals surface area contributed by atoms with Crippen LogP contribution in [0.5, 0.6) is 11.5 Å². The summed E-state index contributed by atoms with van der Waals surface area (Å²) in [6.07, 6.45) is -3.25. The molecule has 5 nitrogen and oxygen atoms in total. The molecule has 1 heterocycles. The van der Waals surface area contributed by atoms with E-state index in [1.54, 1.807) is 30.3 Å². The van der Waals surface area contributed by atoms with Crippen LogP contribution in [-0.2, 0) is 6.18 Å². The number of halogens is 3. The number of anilines is 1. The van der Waals surface area contributed by atoms with E-state index in [1.807, 2.05) is 0 Å². The van der Waals surface area contributed by atoms with E-state index in [-0.39, 0.29) is 22.7 Å². The summed E-state index contributed by atoms with van der Waals surface area (Å²) in [4.78, 5) is 26.2. The Bertz CT molecular complexity index is 1010. The van der Waals surface area contributed by atoms with Crippen LogP contribution in [-0.4, -0.2) is 10.9 Å². The van der Waals surface area contributed by atoms with Gasteiger partial charge in [0.05, 0.1) is 11.1 Å². The molecule has 0 saturated carbocycles. The van der Waals surface area contributed by atoms with Gasteiger partial charge in [-0.25, -0.2) is 0 Å². The van der Waals surface area contributed by atoms with Crippen molar-refractivity contribution >= 4 is 11.6 Å². The molecule has 138 valence electrons. The number of aromatic nitrogens is 1. The number of alkyl halides is 3. The molecule has 1 amide bonds. The highest BCUT2D eigenvalue weighted by Crippen LogP contribution is 2.35. The number of para-hydroxylation sites is 1. The highest BCUT2D eigenvalue weighted by molar-refractivity contribution is 6.06. The number of hydrogen-bond donors (Lipinski definition) is 2. The number of rotatable bonds is 4. The lowest BCUT2D eigenvalue weighted by atomic mass is 10.1. The van der Waals surface area contributed by atoms with E-state index in [1.165, 1.54) is 12.3 Å². The van der Waals surface area contributed by atoms with Gasteiger partial charge in [0, 0.05) is 18.0 Å². The molecule has 2 aromatic carbocycles. The lowest BCUT2D eigenvalue weighted by molar-refractivity contribution is -0.137. The fraction of sp³-hybridized carbons (Fsp3) is 0.0526. The van der Waals surface area contributed by atoms with Crippen LogP contribution in [0.4, 0.5) is 18.9 Å². The third-order valence-corrected chi connectivity index (χ3v) is 3.56. The van der Waals surface area contributed by atoms with E-state index < -0.39 is 23.2 Å². The third-order valence-electron chi connectivity index (χ3n) is 3.56. The number of carbonyl (C=O) groups is 1. The van der Waals surface area contributed by atoms with E-state index in [4.69, 9.17) is 4.74 Å². The lowest BCUT2D eigenvalue weighted by Crippen LogP contribution is -2.16. The normalized spacial score (nSPS) is 11.1. The SMILES string of the molecule is O=C(Nc1cc[nH]c(=O)c1)c1ccc(C(F)(F)F)cc1Oc1ccccc1. The maximum absolute atomic E-state index is 13.0. The van der Waals surface area contributed by atoms with Gasteiger partial charge >= 0.3 is 6.18 Å². The highest BCUT2D eigenvalue weighted by Gasteiger charge is 2.32. The summed E-state index contributed by atoms with van der Waals surface area (Å²) >= 11 is 0. The van der Waals surface area contributed by atoms with Gasteiger partial charge in [-0.05, 0) is 36.4 Å². The fourth-order valence-corrected chi connectivity index (χ4v) is 2.31. The number of aromatic amines is 1. The molecule has 3 aromatic rings. The number of H-pyrrole nitrogens is 1. The first-order valence-electron chi connectivity index (χ1n) is 7.77. The summed E-state index contributed by atoms with van der Waals surface area (Å²) < 4.78 is 44.6. The molecule has 0 aliphatic carbocycles. The van der Waals surface area contributed by atoms with Gasteiger partial charge in [0.25, 0.3) is 5.91 Å². The molecular weight excluding hydrogens is 361 g/mol. The van der Waals surface area contributed by atoms with Gasteiger partial charge in [-0.1, -0.05) is 18.2 Å².